The van der Waals surface area contributed by atoms with E-state index < -0.39 is 10.0 Å². The van der Waals surface area contributed by atoms with Gasteiger partial charge in [0.2, 0.25) is 10.0 Å². The molecule has 2 aromatic rings. The topological polar surface area (TPSA) is 93.7 Å². The molecule has 0 aromatic heterocycles. The van der Waals surface area contributed by atoms with Gasteiger partial charge in [-0.3, -0.25) is 4.79 Å². The van der Waals surface area contributed by atoms with Crippen molar-refractivity contribution in [1.82, 2.24) is 10.0 Å². The minimum absolute atomic E-state index is 0.0498. The molecule has 0 aliphatic carbocycles. The Kier molecular flexibility index (Phi) is 7.83. The SMILES string of the molecule is CCCNS(=O)(=O)c1cc(C(=O)NCCc2ccc(OC)cc2)ccc1OC. The van der Waals surface area contributed by atoms with Crippen molar-refractivity contribution in [3.63, 3.8) is 0 Å². The minimum atomic E-state index is -3.76. The lowest BCUT2D eigenvalue weighted by molar-refractivity contribution is 0.0954. The Balaban J connectivity index is 2.07. The normalized spacial score (nSPS) is 11.1. The number of amides is 1. The third-order valence-electron chi connectivity index (χ3n) is 4.12. The van der Waals surface area contributed by atoms with Crippen LogP contribution in [0.5, 0.6) is 11.5 Å². The molecule has 2 rings (SSSR count). The van der Waals surface area contributed by atoms with Gasteiger partial charge in [0, 0.05) is 18.7 Å². The Morgan fingerprint density at radius 2 is 1.71 bits per heavy atom. The Bertz CT molecular complexity index is 895. The summed E-state index contributed by atoms with van der Waals surface area (Å²) in [5.41, 5.74) is 1.32. The second-order valence-electron chi connectivity index (χ2n) is 6.12. The zero-order chi connectivity index (χ0) is 20.6. The standard InChI is InChI=1S/C20H26N2O5S/c1-4-12-22-28(24,25)19-14-16(7-10-18(19)27-3)20(23)21-13-11-15-5-8-17(26-2)9-6-15/h5-10,14,22H,4,11-13H2,1-3H3,(H,21,23). The van der Waals surface area contributed by atoms with Crippen LogP contribution in [0.1, 0.15) is 29.3 Å². The molecule has 0 heterocycles. The van der Waals surface area contributed by atoms with E-state index in [-0.39, 0.29) is 22.1 Å². The van der Waals surface area contributed by atoms with Gasteiger partial charge in [-0.15, -0.1) is 0 Å². The number of ether oxygens (including phenoxy) is 2. The summed E-state index contributed by atoms with van der Waals surface area (Å²) < 4.78 is 37.7. The van der Waals surface area contributed by atoms with Crippen LogP contribution in [0.15, 0.2) is 47.4 Å². The number of nitrogens with one attached hydrogen (secondary N) is 2. The maximum atomic E-state index is 12.5. The van der Waals surface area contributed by atoms with Gasteiger partial charge in [-0.2, -0.15) is 0 Å². The number of methoxy groups -OCH3 is 2. The van der Waals surface area contributed by atoms with Crippen molar-refractivity contribution in [2.24, 2.45) is 0 Å². The van der Waals surface area contributed by atoms with Gasteiger partial charge >= 0.3 is 0 Å². The summed E-state index contributed by atoms with van der Waals surface area (Å²) in [6.45, 7) is 2.60. The van der Waals surface area contributed by atoms with Gasteiger partial charge in [0.1, 0.15) is 16.4 Å². The Hall–Kier alpha value is -2.58. The fourth-order valence-corrected chi connectivity index (χ4v) is 3.88. The van der Waals surface area contributed by atoms with Crippen molar-refractivity contribution < 1.29 is 22.7 Å². The average Bonchev–Trinajstić information content (AvgIpc) is 2.72. The minimum Gasteiger partial charge on any atom is -0.497 e. The van der Waals surface area contributed by atoms with Crippen molar-refractivity contribution in [3.05, 3.63) is 53.6 Å². The van der Waals surface area contributed by atoms with Crippen LogP contribution in [-0.4, -0.2) is 41.6 Å². The number of hydrogen-bond donors (Lipinski definition) is 2. The van der Waals surface area contributed by atoms with E-state index in [9.17, 15) is 13.2 Å². The molecule has 0 spiro atoms. The number of benzene rings is 2. The number of carbonyl (C=O) groups is 1. The molecular formula is C20H26N2O5S. The van der Waals surface area contributed by atoms with Gasteiger partial charge in [-0.1, -0.05) is 19.1 Å². The Morgan fingerprint density at radius 1 is 1.00 bits per heavy atom. The molecular weight excluding hydrogens is 380 g/mol. The maximum absolute atomic E-state index is 12.5. The second kappa shape index (κ2) is 10.1. The van der Waals surface area contributed by atoms with Crippen molar-refractivity contribution >= 4 is 15.9 Å². The van der Waals surface area contributed by atoms with Crippen molar-refractivity contribution in [2.45, 2.75) is 24.7 Å². The molecule has 0 unspecified atom stereocenters. The lowest BCUT2D eigenvalue weighted by Gasteiger charge is -2.12. The summed E-state index contributed by atoms with van der Waals surface area (Å²) >= 11 is 0. The van der Waals surface area contributed by atoms with E-state index in [0.29, 0.717) is 25.9 Å². The predicted octanol–water partition coefficient (Wildman–Crippen LogP) is 2.36. The summed E-state index contributed by atoms with van der Waals surface area (Å²) in [6.07, 6.45) is 1.31. The lowest BCUT2D eigenvalue weighted by atomic mass is 10.1. The zero-order valence-corrected chi connectivity index (χ0v) is 17.1. The van der Waals surface area contributed by atoms with Gasteiger partial charge in [0.15, 0.2) is 0 Å². The molecule has 2 N–H and O–H groups in total. The van der Waals surface area contributed by atoms with Crippen LogP contribution in [0.3, 0.4) is 0 Å². The molecule has 0 radical (unpaired) electrons. The number of hydrogen-bond acceptors (Lipinski definition) is 5. The fourth-order valence-electron chi connectivity index (χ4n) is 2.56. The lowest BCUT2D eigenvalue weighted by Crippen LogP contribution is -2.27. The maximum Gasteiger partial charge on any atom is 0.251 e. The molecule has 0 fully saturated rings. The van der Waals surface area contributed by atoms with Gasteiger partial charge in [0.05, 0.1) is 14.2 Å². The molecule has 0 atom stereocenters. The first-order valence-corrected chi connectivity index (χ1v) is 10.5. The largest absolute Gasteiger partial charge is 0.497 e. The van der Waals surface area contributed by atoms with Gasteiger partial charge < -0.3 is 14.8 Å². The van der Waals surface area contributed by atoms with Gasteiger partial charge in [-0.25, -0.2) is 13.1 Å². The second-order valence-corrected chi connectivity index (χ2v) is 7.85. The van der Waals surface area contributed by atoms with Gasteiger partial charge in [-0.05, 0) is 48.7 Å². The molecule has 0 bridgehead atoms. The predicted molar refractivity (Wildman–Crippen MR) is 108 cm³/mol. The summed E-state index contributed by atoms with van der Waals surface area (Å²) in [6, 6.07) is 12.0. The van der Waals surface area contributed by atoms with E-state index >= 15 is 0 Å². The van der Waals surface area contributed by atoms with Crippen molar-refractivity contribution in [2.75, 3.05) is 27.3 Å². The summed E-state index contributed by atoms with van der Waals surface area (Å²) in [7, 11) is -0.759. The highest BCUT2D eigenvalue weighted by molar-refractivity contribution is 7.89. The molecule has 2 aromatic carbocycles. The average molecular weight is 407 g/mol. The van der Waals surface area contributed by atoms with E-state index in [1.54, 1.807) is 13.2 Å². The third-order valence-corrected chi connectivity index (χ3v) is 5.60. The van der Waals surface area contributed by atoms with E-state index in [0.717, 1.165) is 11.3 Å². The Morgan fingerprint density at radius 3 is 2.32 bits per heavy atom. The summed E-state index contributed by atoms with van der Waals surface area (Å²) in [4.78, 5) is 12.4. The first kappa shape index (κ1) is 21.7. The molecule has 1 amide bonds. The van der Waals surface area contributed by atoms with Crippen LogP contribution in [0.2, 0.25) is 0 Å². The van der Waals surface area contributed by atoms with E-state index in [1.165, 1.54) is 19.2 Å². The molecule has 8 heteroatoms. The molecule has 0 saturated carbocycles. The van der Waals surface area contributed by atoms with Crippen LogP contribution >= 0.6 is 0 Å². The van der Waals surface area contributed by atoms with Gasteiger partial charge in [0.25, 0.3) is 5.91 Å². The number of rotatable bonds is 10. The van der Waals surface area contributed by atoms with Crippen LogP contribution in [-0.2, 0) is 16.4 Å². The smallest absolute Gasteiger partial charge is 0.251 e. The molecule has 0 saturated heterocycles. The first-order valence-electron chi connectivity index (χ1n) is 9.00. The van der Waals surface area contributed by atoms with E-state index in [1.807, 2.05) is 31.2 Å². The third kappa shape index (κ3) is 5.71. The highest BCUT2D eigenvalue weighted by Gasteiger charge is 2.21. The summed E-state index contributed by atoms with van der Waals surface area (Å²) in [5, 5.41) is 2.81. The van der Waals surface area contributed by atoms with Crippen molar-refractivity contribution in [3.8, 4) is 11.5 Å². The van der Waals surface area contributed by atoms with Crippen LogP contribution < -0.4 is 19.5 Å². The van der Waals surface area contributed by atoms with Crippen LogP contribution in [0.4, 0.5) is 0 Å². The van der Waals surface area contributed by atoms with Crippen LogP contribution in [0.25, 0.3) is 0 Å². The monoisotopic (exact) mass is 406 g/mol. The fraction of sp³-hybridized carbons (Fsp3) is 0.350. The molecule has 0 aliphatic heterocycles. The number of carbonyl (C=O) groups excluding carboxylic acids is 1. The molecule has 152 valence electrons. The molecule has 28 heavy (non-hydrogen) atoms. The quantitative estimate of drug-likeness (QED) is 0.632. The highest BCUT2D eigenvalue weighted by Crippen LogP contribution is 2.24. The number of sulfonamides is 1. The van der Waals surface area contributed by atoms with Crippen molar-refractivity contribution in [1.29, 1.82) is 0 Å². The molecule has 0 aliphatic rings. The van der Waals surface area contributed by atoms with E-state index in [4.69, 9.17) is 9.47 Å². The first-order chi connectivity index (χ1) is 13.4. The molecule has 7 nitrogen and oxygen atoms in total. The Labute approximate surface area is 166 Å². The van der Waals surface area contributed by atoms with Crippen LogP contribution in [0, 0.1) is 0 Å². The van der Waals surface area contributed by atoms with E-state index in [2.05, 4.69) is 10.0 Å². The highest BCUT2D eigenvalue weighted by atomic mass is 32.2. The summed E-state index contributed by atoms with van der Waals surface area (Å²) in [5.74, 6) is 0.623. The zero-order valence-electron chi connectivity index (χ0n) is 16.3.